The Morgan fingerprint density at radius 1 is 1.33 bits per heavy atom. The monoisotopic (exact) mass is 349 g/mol. The van der Waals surface area contributed by atoms with Crippen molar-refractivity contribution in [2.75, 3.05) is 5.32 Å². The molecule has 0 aliphatic heterocycles. The number of halogens is 2. The number of amides is 1. The number of anilines is 1. The SMILES string of the molecule is CC(Sc1ncnc2c1cnn2C)C(=O)Nc1ccc(F)cc1F. The van der Waals surface area contributed by atoms with Crippen LogP contribution in [0, 0.1) is 11.6 Å². The van der Waals surface area contributed by atoms with Gasteiger partial charge in [-0.3, -0.25) is 9.48 Å². The Morgan fingerprint density at radius 2 is 2.12 bits per heavy atom. The molecule has 124 valence electrons. The number of nitrogens with zero attached hydrogens (tertiary/aromatic N) is 4. The topological polar surface area (TPSA) is 72.7 Å². The van der Waals surface area contributed by atoms with Gasteiger partial charge < -0.3 is 5.32 Å². The van der Waals surface area contributed by atoms with Crippen LogP contribution in [0.15, 0.2) is 35.7 Å². The predicted molar refractivity (Wildman–Crippen MR) is 86.6 cm³/mol. The van der Waals surface area contributed by atoms with Gasteiger partial charge in [0, 0.05) is 13.1 Å². The van der Waals surface area contributed by atoms with Crippen LogP contribution < -0.4 is 5.32 Å². The lowest BCUT2D eigenvalue weighted by Gasteiger charge is -2.12. The molecule has 1 unspecified atom stereocenters. The molecule has 0 bridgehead atoms. The molecule has 2 heterocycles. The lowest BCUT2D eigenvalue weighted by atomic mass is 10.3. The smallest absolute Gasteiger partial charge is 0.237 e. The number of fused-ring (bicyclic) bond motifs is 1. The van der Waals surface area contributed by atoms with Crippen molar-refractivity contribution in [1.82, 2.24) is 19.7 Å². The molecule has 1 aromatic carbocycles. The zero-order valence-electron chi connectivity index (χ0n) is 12.8. The molecule has 0 saturated carbocycles. The first-order valence-corrected chi connectivity index (χ1v) is 7.89. The minimum Gasteiger partial charge on any atom is -0.323 e. The molecule has 0 radical (unpaired) electrons. The number of rotatable bonds is 4. The second-order valence-electron chi connectivity index (χ2n) is 5.06. The second-order valence-corrected chi connectivity index (χ2v) is 6.39. The maximum Gasteiger partial charge on any atom is 0.237 e. The number of aromatic nitrogens is 4. The van der Waals surface area contributed by atoms with Crippen molar-refractivity contribution in [1.29, 1.82) is 0 Å². The maximum atomic E-state index is 13.6. The molecular weight excluding hydrogens is 336 g/mol. The predicted octanol–water partition coefficient (Wildman–Crippen LogP) is 2.76. The van der Waals surface area contributed by atoms with E-state index >= 15 is 0 Å². The maximum absolute atomic E-state index is 13.6. The van der Waals surface area contributed by atoms with Gasteiger partial charge in [0.05, 0.1) is 22.5 Å². The van der Waals surface area contributed by atoms with Gasteiger partial charge in [0.2, 0.25) is 5.91 Å². The van der Waals surface area contributed by atoms with Gasteiger partial charge in [-0.2, -0.15) is 5.10 Å². The Kier molecular flexibility index (Phi) is 4.43. The number of hydrogen-bond acceptors (Lipinski definition) is 5. The van der Waals surface area contributed by atoms with E-state index in [0.29, 0.717) is 10.7 Å². The van der Waals surface area contributed by atoms with E-state index in [1.165, 1.54) is 24.2 Å². The summed E-state index contributed by atoms with van der Waals surface area (Å²) in [6.07, 6.45) is 3.03. The van der Waals surface area contributed by atoms with Gasteiger partial charge >= 0.3 is 0 Å². The summed E-state index contributed by atoms with van der Waals surface area (Å²) in [6, 6.07) is 2.99. The molecule has 1 atom stereocenters. The molecule has 1 N–H and O–H groups in total. The summed E-state index contributed by atoms with van der Waals surface area (Å²) in [4.78, 5) is 20.5. The van der Waals surface area contributed by atoms with E-state index in [2.05, 4.69) is 20.4 Å². The Bertz CT molecular complexity index is 914. The molecule has 2 aromatic heterocycles. The van der Waals surface area contributed by atoms with Crippen molar-refractivity contribution < 1.29 is 13.6 Å². The number of thioether (sulfide) groups is 1. The summed E-state index contributed by atoms with van der Waals surface area (Å²) < 4.78 is 28.1. The standard InChI is InChI=1S/C15H13F2N5OS/c1-8(14(23)21-12-4-3-9(16)5-11(12)17)24-15-10-6-20-22(2)13(10)18-7-19-15/h3-8H,1-2H3,(H,21,23). The molecule has 0 spiro atoms. The van der Waals surface area contributed by atoms with E-state index in [4.69, 9.17) is 0 Å². The van der Waals surface area contributed by atoms with E-state index in [0.717, 1.165) is 17.5 Å². The van der Waals surface area contributed by atoms with Gasteiger partial charge in [0.15, 0.2) is 5.65 Å². The van der Waals surface area contributed by atoms with Crippen LogP contribution in [-0.4, -0.2) is 30.9 Å². The third-order valence-corrected chi connectivity index (χ3v) is 4.46. The van der Waals surface area contributed by atoms with Gasteiger partial charge in [0.1, 0.15) is 23.0 Å². The summed E-state index contributed by atoms with van der Waals surface area (Å²) in [7, 11) is 1.76. The number of benzene rings is 1. The van der Waals surface area contributed by atoms with Gasteiger partial charge in [-0.15, -0.1) is 0 Å². The van der Waals surface area contributed by atoms with Gasteiger partial charge in [0.25, 0.3) is 0 Å². The minimum atomic E-state index is -0.822. The second kappa shape index (κ2) is 6.52. The van der Waals surface area contributed by atoms with Crippen LogP contribution >= 0.6 is 11.8 Å². The van der Waals surface area contributed by atoms with Crippen LogP contribution in [0.25, 0.3) is 11.0 Å². The first-order chi connectivity index (χ1) is 11.5. The van der Waals surface area contributed by atoms with Crippen LogP contribution in [-0.2, 0) is 11.8 Å². The van der Waals surface area contributed by atoms with Crippen LogP contribution in [0.1, 0.15) is 6.92 Å². The molecule has 1 amide bonds. The normalized spacial score (nSPS) is 12.3. The fraction of sp³-hybridized carbons (Fsp3) is 0.200. The average molecular weight is 349 g/mol. The highest BCUT2D eigenvalue weighted by molar-refractivity contribution is 8.00. The van der Waals surface area contributed by atoms with E-state index in [-0.39, 0.29) is 5.69 Å². The Morgan fingerprint density at radius 3 is 2.88 bits per heavy atom. The molecule has 9 heteroatoms. The summed E-state index contributed by atoms with van der Waals surface area (Å²) >= 11 is 1.21. The largest absolute Gasteiger partial charge is 0.323 e. The van der Waals surface area contributed by atoms with Crippen molar-refractivity contribution in [3.63, 3.8) is 0 Å². The van der Waals surface area contributed by atoms with Crippen molar-refractivity contribution in [2.24, 2.45) is 7.05 Å². The van der Waals surface area contributed by atoms with E-state index in [1.807, 2.05) is 0 Å². The number of carbonyl (C=O) groups is 1. The quantitative estimate of drug-likeness (QED) is 0.579. The zero-order chi connectivity index (χ0) is 17.3. The number of carbonyl (C=O) groups excluding carboxylic acids is 1. The fourth-order valence-corrected chi connectivity index (χ4v) is 2.96. The molecule has 3 rings (SSSR count). The summed E-state index contributed by atoms with van der Waals surface area (Å²) in [5.41, 5.74) is 0.591. The lowest BCUT2D eigenvalue weighted by Crippen LogP contribution is -2.23. The van der Waals surface area contributed by atoms with Crippen LogP contribution in [0.4, 0.5) is 14.5 Å². The average Bonchev–Trinajstić information content (AvgIpc) is 2.92. The van der Waals surface area contributed by atoms with Crippen molar-refractivity contribution in [3.8, 4) is 0 Å². The Hall–Kier alpha value is -2.55. The fourth-order valence-electron chi connectivity index (χ4n) is 2.08. The third kappa shape index (κ3) is 3.21. The third-order valence-electron chi connectivity index (χ3n) is 3.34. The first kappa shape index (κ1) is 16.3. The van der Waals surface area contributed by atoms with Crippen LogP contribution in [0.3, 0.4) is 0 Å². The summed E-state index contributed by atoms with van der Waals surface area (Å²) in [5, 5.41) is 7.35. The number of aryl methyl sites for hydroxylation is 1. The molecule has 3 aromatic rings. The molecule has 0 aliphatic rings. The summed E-state index contributed by atoms with van der Waals surface area (Å²) in [5.74, 6) is -1.94. The highest BCUT2D eigenvalue weighted by atomic mass is 32.2. The van der Waals surface area contributed by atoms with Gasteiger partial charge in [-0.25, -0.2) is 18.7 Å². The van der Waals surface area contributed by atoms with E-state index in [9.17, 15) is 13.6 Å². The Labute approximate surface area is 140 Å². The van der Waals surface area contributed by atoms with Crippen molar-refractivity contribution in [3.05, 3.63) is 42.4 Å². The molecule has 0 fully saturated rings. The van der Waals surface area contributed by atoms with Crippen LogP contribution in [0.5, 0.6) is 0 Å². The van der Waals surface area contributed by atoms with E-state index in [1.54, 1.807) is 24.9 Å². The van der Waals surface area contributed by atoms with E-state index < -0.39 is 22.8 Å². The number of hydrogen-bond donors (Lipinski definition) is 1. The summed E-state index contributed by atoms with van der Waals surface area (Å²) in [6.45, 7) is 1.67. The van der Waals surface area contributed by atoms with Gasteiger partial charge in [-0.1, -0.05) is 11.8 Å². The Balaban J connectivity index is 1.76. The zero-order valence-corrected chi connectivity index (χ0v) is 13.6. The van der Waals surface area contributed by atoms with Crippen LogP contribution in [0.2, 0.25) is 0 Å². The molecular formula is C15H13F2N5OS. The minimum absolute atomic E-state index is 0.0666. The van der Waals surface area contributed by atoms with Crippen molar-refractivity contribution in [2.45, 2.75) is 17.2 Å². The van der Waals surface area contributed by atoms with Gasteiger partial charge in [-0.05, 0) is 19.1 Å². The first-order valence-electron chi connectivity index (χ1n) is 7.01. The highest BCUT2D eigenvalue weighted by Gasteiger charge is 2.19. The molecule has 24 heavy (non-hydrogen) atoms. The molecule has 0 aliphatic carbocycles. The lowest BCUT2D eigenvalue weighted by molar-refractivity contribution is -0.115. The van der Waals surface area contributed by atoms with Crippen molar-refractivity contribution >= 4 is 34.4 Å². The molecule has 0 saturated heterocycles. The highest BCUT2D eigenvalue weighted by Crippen LogP contribution is 2.28. The molecule has 6 nitrogen and oxygen atoms in total. The number of nitrogens with one attached hydrogen (secondary N) is 1.